The minimum absolute atomic E-state index is 0.142. The molecule has 2 heterocycles. The third-order valence-electron chi connectivity index (χ3n) is 3.72. The van der Waals surface area contributed by atoms with Gasteiger partial charge >= 0.3 is 12.0 Å². The number of urea groups is 1. The number of nitrogens with zero attached hydrogens (tertiary/aromatic N) is 1. The summed E-state index contributed by atoms with van der Waals surface area (Å²) in [6, 6.07) is 3.43. The fraction of sp³-hybridized carbons (Fsp3) is 0.429. The molecular formula is C14H15BrN2O3S. The second-order valence-corrected chi connectivity index (χ2v) is 7.61. The molecule has 1 atom stereocenters. The van der Waals surface area contributed by atoms with Gasteiger partial charge in [0.1, 0.15) is 0 Å². The van der Waals surface area contributed by atoms with Crippen LogP contribution in [0.4, 0.5) is 4.79 Å². The predicted molar refractivity (Wildman–Crippen MR) is 82.9 cm³/mol. The Morgan fingerprint density at radius 2 is 2.19 bits per heavy atom. The van der Waals surface area contributed by atoms with Crippen LogP contribution in [0.1, 0.15) is 30.7 Å². The number of carbonyl (C=O) groups is 2. The van der Waals surface area contributed by atoms with Gasteiger partial charge in [-0.1, -0.05) is 0 Å². The SMILES string of the molecule is COC(=O)C1=C(C)N(C2CC2)C(=O)NC1c1ccc(Br)s1. The summed E-state index contributed by atoms with van der Waals surface area (Å²) in [4.78, 5) is 27.1. The average molecular weight is 371 g/mol. The van der Waals surface area contributed by atoms with E-state index in [9.17, 15) is 9.59 Å². The number of esters is 1. The number of hydrogen-bond donors (Lipinski definition) is 1. The van der Waals surface area contributed by atoms with Crippen molar-refractivity contribution in [3.8, 4) is 0 Å². The van der Waals surface area contributed by atoms with E-state index in [-0.39, 0.29) is 12.1 Å². The minimum atomic E-state index is -0.448. The number of carbonyl (C=O) groups excluding carboxylic acids is 2. The maximum absolute atomic E-state index is 12.4. The van der Waals surface area contributed by atoms with Gasteiger partial charge in [-0.2, -0.15) is 0 Å². The molecule has 0 saturated heterocycles. The zero-order valence-electron chi connectivity index (χ0n) is 11.7. The van der Waals surface area contributed by atoms with E-state index in [2.05, 4.69) is 21.2 Å². The Balaban J connectivity index is 2.06. The molecule has 0 spiro atoms. The van der Waals surface area contributed by atoms with Crippen molar-refractivity contribution in [1.82, 2.24) is 10.2 Å². The van der Waals surface area contributed by atoms with E-state index in [0.29, 0.717) is 11.3 Å². The van der Waals surface area contributed by atoms with Crippen LogP contribution in [0.5, 0.6) is 0 Å². The first-order valence-electron chi connectivity index (χ1n) is 6.67. The molecule has 3 rings (SSSR count). The van der Waals surface area contributed by atoms with Crippen LogP contribution < -0.4 is 5.32 Å². The number of rotatable bonds is 3. The van der Waals surface area contributed by atoms with E-state index in [0.717, 1.165) is 21.5 Å². The Hall–Kier alpha value is -1.34. The third kappa shape index (κ3) is 2.60. The molecule has 2 amide bonds. The summed E-state index contributed by atoms with van der Waals surface area (Å²) >= 11 is 4.91. The van der Waals surface area contributed by atoms with Crippen molar-refractivity contribution in [3.05, 3.63) is 32.1 Å². The van der Waals surface area contributed by atoms with Gasteiger partial charge in [-0.25, -0.2) is 9.59 Å². The molecule has 21 heavy (non-hydrogen) atoms. The summed E-state index contributed by atoms with van der Waals surface area (Å²) in [5.74, 6) is -0.396. The number of ether oxygens (including phenoxy) is 1. The highest BCUT2D eigenvalue weighted by Crippen LogP contribution is 2.40. The zero-order valence-corrected chi connectivity index (χ0v) is 14.1. The van der Waals surface area contributed by atoms with Crippen molar-refractivity contribution in [2.75, 3.05) is 7.11 Å². The first kappa shape index (κ1) is 14.6. The van der Waals surface area contributed by atoms with Crippen molar-refractivity contribution in [3.63, 3.8) is 0 Å². The first-order valence-corrected chi connectivity index (χ1v) is 8.28. The maximum atomic E-state index is 12.4. The molecule has 7 heteroatoms. The van der Waals surface area contributed by atoms with E-state index >= 15 is 0 Å². The second kappa shape index (κ2) is 5.46. The number of thiophene rings is 1. The second-order valence-electron chi connectivity index (χ2n) is 5.12. The molecule has 1 aromatic heterocycles. The molecule has 0 radical (unpaired) electrons. The van der Waals surface area contributed by atoms with E-state index in [1.165, 1.54) is 18.4 Å². The lowest BCUT2D eigenvalue weighted by atomic mass is 10.0. The van der Waals surface area contributed by atoms with Gasteiger partial charge in [-0.3, -0.25) is 4.90 Å². The van der Waals surface area contributed by atoms with E-state index < -0.39 is 12.0 Å². The molecule has 0 aromatic carbocycles. The Bertz CT molecular complexity index is 636. The van der Waals surface area contributed by atoms with Crippen molar-refractivity contribution >= 4 is 39.3 Å². The number of hydrogen-bond acceptors (Lipinski definition) is 4. The molecule has 5 nitrogen and oxygen atoms in total. The topological polar surface area (TPSA) is 58.6 Å². The summed E-state index contributed by atoms with van der Waals surface area (Å²) in [7, 11) is 1.36. The van der Waals surface area contributed by atoms with Gasteiger partial charge in [0.2, 0.25) is 0 Å². The molecule has 112 valence electrons. The van der Waals surface area contributed by atoms with Crippen LogP contribution in [0.15, 0.2) is 27.2 Å². The quantitative estimate of drug-likeness (QED) is 0.831. The molecule has 0 bridgehead atoms. The van der Waals surface area contributed by atoms with Gasteiger partial charge in [-0.15, -0.1) is 11.3 Å². The van der Waals surface area contributed by atoms with Gasteiger partial charge in [0.05, 0.1) is 22.5 Å². The summed E-state index contributed by atoms with van der Waals surface area (Å²) in [6.07, 6.45) is 1.96. The smallest absolute Gasteiger partial charge is 0.338 e. The van der Waals surface area contributed by atoms with E-state index in [1.54, 1.807) is 4.90 Å². The summed E-state index contributed by atoms with van der Waals surface area (Å²) in [6.45, 7) is 1.82. The fourth-order valence-electron chi connectivity index (χ4n) is 2.60. The van der Waals surface area contributed by atoms with Crippen LogP contribution in [0.25, 0.3) is 0 Å². The number of methoxy groups -OCH3 is 1. The number of amides is 2. The lowest BCUT2D eigenvalue weighted by molar-refractivity contribution is -0.136. The van der Waals surface area contributed by atoms with Gasteiger partial charge in [0, 0.05) is 16.6 Å². The van der Waals surface area contributed by atoms with Gasteiger partial charge in [0.25, 0.3) is 0 Å². The van der Waals surface area contributed by atoms with Crippen LogP contribution in [0.2, 0.25) is 0 Å². The van der Waals surface area contributed by atoms with Crippen LogP contribution >= 0.6 is 27.3 Å². The summed E-state index contributed by atoms with van der Waals surface area (Å²) in [5, 5.41) is 2.93. The van der Waals surface area contributed by atoms with Gasteiger partial charge < -0.3 is 10.1 Å². The van der Waals surface area contributed by atoms with Crippen LogP contribution in [-0.2, 0) is 9.53 Å². The van der Waals surface area contributed by atoms with E-state index in [4.69, 9.17) is 4.74 Å². The minimum Gasteiger partial charge on any atom is -0.466 e. The van der Waals surface area contributed by atoms with Crippen LogP contribution in [-0.4, -0.2) is 30.1 Å². The monoisotopic (exact) mass is 370 g/mol. The molecule has 1 N–H and O–H groups in total. The Morgan fingerprint density at radius 3 is 2.71 bits per heavy atom. The molecule has 1 unspecified atom stereocenters. The molecule has 1 aliphatic heterocycles. The van der Waals surface area contributed by atoms with Crippen LogP contribution in [0, 0.1) is 0 Å². The van der Waals surface area contributed by atoms with Crippen molar-refractivity contribution < 1.29 is 14.3 Å². The molecule has 1 fully saturated rings. The number of halogens is 1. The molecule has 1 aromatic rings. The fourth-order valence-corrected chi connectivity index (χ4v) is 4.09. The largest absolute Gasteiger partial charge is 0.466 e. The lowest BCUT2D eigenvalue weighted by Crippen LogP contribution is -2.48. The highest BCUT2D eigenvalue weighted by atomic mass is 79.9. The highest BCUT2D eigenvalue weighted by Gasteiger charge is 2.42. The van der Waals surface area contributed by atoms with Crippen molar-refractivity contribution in [2.45, 2.75) is 31.8 Å². The van der Waals surface area contributed by atoms with Crippen molar-refractivity contribution in [2.24, 2.45) is 0 Å². The molecular weight excluding hydrogens is 356 g/mol. The maximum Gasteiger partial charge on any atom is 0.338 e. The first-order chi connectivity index (χ1) is 10.0. The third-order valence-corrected chi connectivity index (χ3v) is 5.41. The van der Waals surface area contributed by atoms with Gasteiger partial charge in [0.15, 0.2) is 0 Å². The number of allylic oxidation sites excluding steroid dienone is 1. The molecule has 1 aliphatic carbocycles. The summed E-state index contributed by atoms with van der Waals surface area (Å²) in [5.41, 5.74) is 1.21. The lowest BCUT2D eigenvalue weighted by Gasteiger charge is -2.34. The Labute approximate surface area is 135 Å². The standard InChI is InChI=1S/C14H15BrN2O3S/c1-7-11(13(18)20-2)12(9-5-6-10(15)21-9)16-14(19)17(7)8-3-4-8/h5-6,8,12H,3-4H2,1-2H3,(H,16,19). The summed E-state index contributed by atoms with van der Waals surface area (Å²) < 4.78 is 5.88. The Morgan fingerprint density at radius 1 is 1.48 bits per heavy atom. The van der Waals surface area contributed by atoms with Crippen LogP contribution in [0.3, 0.4) is 0 Å². The predicted octanol–water partition coefficient (Wildman–Crippen LogP) is 3.19. The zero-order chi connectivity index (χ0) is 15.1. The van der Waals surface area contributed by atoms with Gasteiger partial charge in [-0.05, 0) is 47.8 Å². The average Bonchev–Trinajstić information content (AvgIpc) is 3.18. The van der Waals surface area contributed by atoms with E-state index in [1.807, 2.05) is 19.1 Å². The van der Waals surface area contributed by atoms with Crippen molar-refractivity contribution in [1.29, 1.82) is 0 Å². The number of nitrogens with one attached hydrogen (secondary N) is 1. The molecule has 2 aliphatic rings. The Kier molecular flexibility index (Phi) is 3.79. The molecule has 1 saturated carbocycles. The highest BCUT2D eigenvalue weighted by molar-refractivity contribution is 9.11. The normalized spacial score (nSPS) is 22.3.